The Morgan fingerprint density at radius 3 is 2.48 bits per heavy atom. The molecule has 1 atom stereocenters. The van der Waals surface area contributed by atoms with Gasteiger partial charge in [0.25, 0.3) is 0 Å². The van der Waals surface area contributed by atoms with Gasteiger partial charge in [-0.05, 0) is 18.2 Å². The van der Waals surface area contributed by atoms with Crippen molar-refractivity contribution in [3.63, 3.8) is 0 Å². The Bertz CT molecular complexity index is 692. The molecule has 124 valence electrons. The highest BCUT2D eigenvalue weighted by molar-refractivity contribution is 6.33. The Balaban J connectivity index is 2.42. The third kappa shape index (κ3) is 3.09. The van der Waals surface area contributed by atoms with Crippen LogP contribution in [0.2, 0.25) is 5.02 Å². The van der Waals surface area contributed by atoms with E-state index < -0.39 is 36.5 Å². The minimum absolute atomic E-state index is 0.125. The number of carboxylic acid groups (broad SMARTS) is 1. The summed E-state index contributed by atoms with van der Waals surface area (Å²) in [6.45, 7) is 0. The summed E-state index contributed by atoms with van der Waals surface area (Å²) in [6, 6.07) is -0.113. The minimum atomic E-state index is -4.74. The molecule has 3 amide bonds. The number of halogens is 4. The zero-order valence-corrected chi connectivity index (χ0v) is 12.4. The second kappa shape index (κ2) is 5.73. The molecule has 1 aromatic carbocycles. The molecular formula is C13H10ClF3N2O4. The standard InChI is InChI=1S/C13H10ClF3N2O4/c1-18-9(13(15,16)17)5-10(20)19(12(18)23)6-2-3-8(14)7(4-6)11(21)22/h2-4,9H,5H2,1H3,(H,21,22). The van der Waals surface area contributed by atoms with Gasteiger partial charge in [-0.25, -0.2) is 14.5 Å². The quantitative estimate of drug-likeness (QED) is 0.889. The van der Waals surface area contributed by atoms with Crippen LogP contribution in [0.4, 0.5) is 23.7 Å². The number of anilines is 1. The lowest BCUT2D eigenvalue weighted by Crippen LogP contribution is -2.60. The summed E-state index contributed by atoms with van der Waals surface area (Å²) in [5.41, 5.74) is -0.528. The lowest BCUT2D eigenvalue weighted by molar-refractivity contribution is -0.179. The summed E-state index contributed by atoms with van der Waals surface area (Å²) in [7, 11) is 0.925. The Labute approximate surface area is 133 Å². The molecule has 2 rings (SSSR count). The zero-order valence-electron chi connectivity index (χ0n) is 11.6. The van der Waals surface area contributed by atoms with E-state index >= 15 is 0 Å². The van der Waals surface area contributed by atoms with Crippen LogP contribution in [0.1, 0.15) is 16.8 Å². The van der Waals surface area contributed by atoms with Crippen molar-refractivity contribution in [2.75, 3.05) is 11.9 Å². The lowest BCUT2D eigenvalue weighted by atomic mass is 10.1. The van der Waals surface area contributed by atoms with E-state index in [-0.39, 0.29) is 16.3 Å². The third-order valence-corrected chi connectivity index (χ3v) is 3.72. The van der Waals surface area contributed by atoms with Gasteiger partial charge in [0.2, 0.25) is 5.91 Å². The van der Waals surface area contributed by atoms with E-state index in [9.17, 15) is 27.6 Å². The van der Waals surface area contributed by atoms with E-state index in [1.807, 2.05) is 0 Å². The highest BCUT2D eigenvalue weighted by Crippen LogP contribution is 2.33. The number of benzene rings is 1. The average molecular weight is 351 g/mol. The molecule has 1 N–H and O–H groups in total. The number of aromatic carboxylic acids is 1. The van der Waals surface area contributed by atoms with E-state index in [1.165, 1.54) is 6.07 Å². The monoisotopic (exact) mass is 350 g/mol. The highest BCUT2D eigenvalue weighted by atomic mass is 35.5. The first kappa shape index (κ1) is 17.1. The first-order valence-electron chi connectivity index (χ1n) is 6.23. The maximum absolute atomic E-state index is 12.8. The van der Waals surface area contributed by atoms with Gasteiger partial charge in [0.1, 0.15) is 6.04 Å². The first-order valence-corrected chi connectivity index (χ1v) is 6.61. The maximum atomic E-state index is 12.8. The number of amides is 3. The van der Waals surface area contributed by atoms with Crippen molar-refractivity contribution in [3.8, 4) is 0 Å². The van der Waals surface area contributed by atoms with Crippen LogP contribution in [0.5, 0.6) is 0 Å². The molecule has 10 heteroatoms. The molecular weight excluding hydrogens is 341 g/mol. The fourth-order valence-electron chi connectivity index (χ4n) is 2.20. The van der Waals surface area contributed by atoms with Crippen LogP contribution >= 0.6 is 11.6 Å². The Kier molecular flexibility index (Phi) is 4.25. The molecule has 0 aromatic heterocycles. The Hall–Kier alpha value is -2.29. The lowest BCUT2D eigenvalue weighted by Gasteiger charge is -2.38. The smallest absolute Gasteiger partial charge is 0.409 e. The fraction of sp³-hybridized carbons (Fsp3) is 0.308. The summed E-state index contributed by atoms with van der Waals surface area (Å²) < 4.78 is 38.5. The summed E-state index contributed by atoms with van der Waals surface area (Å²) >= 11 is 5.69. The van der Waals surface area contributed by atoms with Crippen LogP contribution in [-0.2, 0) is 4.79 Å². The van der Waals surface area contributed by atoms with E-state index in [1.54, 1.807) is 0 Å². The van der Waals surface area contributed by atoms with Crippen LogP contribution in [0, 0.1) is 0 Å². The second-order valence-corrected chi connectivity index (χ2v) is 5.26. The number of urea groups is 1. The largest absolute Gasteiger partial charge is 0.478 e. The number of imide groups is 1. The number of hydrogen-bond donors (Lipinski definition) is 1. The molecule has 1 fully saturated rings. The van der Waals surface area contributed by atoms with Crippen LogP contribution in [0.3, 0.4) is 0 Å². The van der Waals surface area contributed by atoms with Crippen molar-refractivity contribution >= 4 is 35.2 Å². The number of carboxylic acids is 1. The summed E-state index contributed by atoms with van der Waals surface area (Å²) in [4.78, 5) is 36.0. The number of carbonyl (C=O) groups excluding carboxylic acids is 2. The summed E-state index contributed by atoms with van der Waals surface area (Å²) in [6.07, 6.45) is -5.69. The van der Waals surface area contributed by atoms with Gasteiger partial charge in [0, 0.05) is 7.05 Å². The van der Waals surface area contributed by atoms with Gasteiger partial charge in [-0.3, -0.25) is 4.79 Å². The summed E-state index contributed by atoms with van der Waals surface area (Å²) in [5.74, 6) is -2.47. The van der Waals surface area contributed by atoms with Crippen LogP contribution in [0.15, 0.2) is 18.2 Å². The molecule has 1 aliphatic heterocycles. The number of nitrogens with zero attached hydrogens (tertiary/aromatic N) is 2. The van der Waals surface area contributed by atoms with Crippen LogP contribution in [0.25, 0.3) is 0 Å². The average Bonchev–Trinajstić information content (AvgIpc) is 2.43. The number of alkyl halides is 3. The van der Waals surface area contributed by atoms with Gasteiger partial charge < -0.3 is 10.0 Å². The molecule has 6 nitrogen and oxygen atoms in total. The maximum Gasteiger partial charge on any atom is 0.409 e. The predicted octanol–water partition coefficient (Wildman–Crippen LogP) is 2.76. The number of hydrogen-bond acceptors (Lipinski definition) is 3. The molecule has 0 radical (unpaired) electrons. The zero-order chi connectivity index (χ0) is 17.5. The molecule has 0 bridgehead atoms. The van der Waals surface area contributed by atoms with Gasteiger partial charge in [-0.15, -0.1) is 0 Å². The van der Waals surface area contributed by atoms with E-state index in [0.717, 1.165) is 19.2 Å². The van der Waals surface area contributed by atoms with Gasteiger partial charge in [0.15, 0.2) is 0 Å². The number of rotatable bonds is 2. The molecule has 0 spiro atoms. The third-order valence-electron chi connectivity index (χ3n) is 3.39. The molecule has 0 saturated carbocycles. The summed E-state index contributed by atoms with van der Waals surface area (Å²) in [5, 5.41) is 8.86. The Morgan fingerprint density at radius 2 is 1.96 bits per heavy atom. The van der Waals surface area contributed by atoms with Crippen molar-refractivity contribution in [3.05, 3.63) is 28.8 Å². The molecule has 23 heavy (non-hydrogen) atoms. The van der Waals surface area contributed by atoms with Crippen molar-refractivity contribution < 1.29 is 32.7 Å². The number of carbonyl (C=O) groups is 3. The van der Waals surface area contributed by atoms with Crippen molar-refractivity contribution in [1.82, 2.24) is 4.90 Å². The van der Waals surface area contributed by atoms with Crippen LogP contribution < -0.4 is 4.90 Å². The van der Waals surface area contributed by atoms with Gasteiger partial charge in [0.05, 0.1) is 22.7 Å². The molecule has 1 saturated heterocycles. The highest BCUT2D eigenvalue weighted by Gasteiger charge is 2.50. The van der Waals surface area contributed by atoms with Gasteiger partial charge in [-0.1, -0.05) is 11.6 Å². The van der Waals surface area contributed by atoms with Crippen LogP contribution in [-0.4, -0.2) is 47.2 Å². The normalized spacial score (nSPS) is 19.3. The fourth-order valence-corrected chi connectivity index (χ4v) is 2.40. The SMILES string of the molecule is CN1C(=O)N(c2ccc(Cl)c(C(=O)O)c2)C(=O)CC1C(F)(F)F. The topological polar surface area (TPSA) is 77.9 Å². The van der Waals surface area contributed by atoms with Crippen molar-refractivity contribution in [1.29, 1.82) is 0 Å². The molecule has 1 heterocycles. The molecule has 1 unspecified atom stereocenters. The van der Waals surface area contributed by atoms with E-state index in [2.05, 4.69) is 0 Å². The first-order chi connectivity index (χ1) is 10.5. The molecule has 0 aliphatic carbocycles. The van der Waals surface area contributed by atoms with E-state index in [4.69, 9.17) is 16.7 Å². The Morgan fingerprint density at radius 1 is 1.35 bits per heavy atom. The second-order valence-electron chi connectivity index (χ2n) is 4.85. The van der Waals surface area contributed by atoms with Gasteiger partial charge >= 0.3 is 18.2 Å². The molecule has 1 aliphatic rings. The van der Waals surface area contributed by atoms with E-state index in [0.29, 0.717) is 9.80 Å². The minimum Gasteiger partial charge on any atom is -0.478 e. The van der Waals surface area contributed by atoms with Crippen molar-refractivity contribution in [2.45, 2.75) is 18.6 Å². The molecule has 1 aromatic rings. The van der Waals surface area contributed by atoms with Crippen molar-refractivity contribution in [2.24, 2.45) is 0 Å². The predicted molar refractivity (Wildman–Crippen MR) is 73.5 cm³/mol. The van der Waals surface area contributed by atoms with Gasteiger partial charge in [-0.2, -0.15) is 13.2 Å².